The average molecular weight is 504 g/mol. The summed E-state index contributed by atoms with van der Waals surface area (Å²) in [6, 6.07) is 19.7. The van der Waals surface area contributed by atoms with Crippen LogP contribution in [0.3, 0.4) is 0 Å². The van der Waals surface area contributed by atoms with Gasteiger partial charge in [-0.25, -0.2) is 4.39 Å². The van der Waals surface area contributed by atoms with Crippen LogP contribution in [0.2, 0.25) is 0 Å². The fourth-order valence-electron chi connectivity index (χ4n) is 4.87. The number of nitrogens with two attached hydrogens (primary N) is 1. The number of hydrogen-bond acceptors (Lipinski definition) is 5. The maximum Gasteiger partial charge on any atom is 0.256 e. The Morgan fingerprint density at radius 1 is 1.05 bits per heavy atom. The second kappa shape index (κ2) is 13.1. The number of amides is 2. The minimum Gasteiger partial charge on any atom is -0.353 e. The Labute approximate surface area is 217 Å². The standard InChI is InChI=1S/C29H34FN5O2/c30-25-10-8-23(9-11-25)21-34(17-12-22-5-2-1-3-6-22)26-13-18-35(27(19-26)28(36)33-16-14-31)29(37)24-7-4-15-32-20-24/h1-11,15,20,26-27H,12-14,16-19,21,31H2,(H,33,36)/t26?,27-/m1/s1. The van der Waals surface area contributed by atoms with Crippen LogP contribution < -0.4 is 11.1 Å². The highest BCUT2D eigenvalue weighted by Crippen LogP contribution is 2.26. The molecule has 37 heavy (non-hydrogen) atoms. The van der Waals surface area contributed by atoms with Crippen LogP contribution in [0.5, 0.6) is 0 Å². The van der Waals surface area contributed by atoms with Crippen molar-refractivity contribution in [3.05, 3.63) is 102 Å². The van der Waals surface area contributed by atoms with Crippen LogP contribution in [0.15, 0.2) is 79.1 Å². The third-order valence-corrected chi connectivity index (χ3v) is 6.84. The zero-order valence-corrected chi connectivity index (χ0v) is 20.9. The maximum atomic E-state index is 13.5. The highest BCUT2D eigenvalue weighted by molar-refractivity contribution is 5.97. The van der Waals surface area contributed by atoms with E-state index in [1.807, 2.05) is 18.2 Å². The molecule has 1 aromatic heterocycles. The predicted molar refractivity (Wildman–Crippen MR) is 141 cm³/mol. The fourth-order valence-corrected chi connectivity index (χ4v) is 4.87. The van der Waals surface area contributed by atoms with Crippen molar-refractivity contribution in [3.8, 4) is 0 Å². The largest absolute Gasteiger partial charge is 0.353 e. The van der Waals surface area contributed by atoms with Gasteiger partial charge in [-0.1, -0.05) is 42.5 Å². The molecule has 0 radical (unpaired) electrons. The van der Waals surface area contributed by atoms with Crippen molar-refractivity contribution in [1.82, 2.24) is 20.1 Å². The molecule has 0 aliphatic carbocycles. The second-order valence-corrected chi connectivity index (χ2v) is 9.35. The number of nitrogens with zero attached hydrogens (tertiary/aromatic N) is 3. The van der Waals surface area contributed by atoms with E-state index in [0.717, 1.165) is 24.9 Å². The molecule has 1 aliphatic heterocycles. The smallest absolute Gasteiger partial charge is 0.256 e. The molecule has 7 nitrogen and oxygen atoms in total. The number of rotatable bonds is 10. The van der Waals surface area contributed by atoms with E-state index in [-0.39, 0.29) is 23.7 Å². The van der Waals surface area contributed by atoms with Crippen molar-refractivity contribution in [1.29, 1.82) is 0 Å². The van der Waals surface area contributed by atoms with Crippen LogP contribution in [0.1, 0.15) is 34.3 Å². The predicted octanol–water partition coefficient (Wildman–Crippen LogP) is 3.01. The van der Waals surface area contributed by atoms with Gasteiger partial charge in [0.05, 0.1) is 5.56 Å². The van der Waals surface area contributed by atoms with Gasteiger partial charge >= 0.3 is 0 Å². The Morgan fingerprint density at radius 3 is 2.54 bits per heavy atom. The van der Waals surface area contributed by atoms with Crippen LogP contribution in [0.4, 0.5) is 4.39 Å². The molecule has 2 atom stereocenters. The van der Waals surface area contributed by atoms with Crippen molar-refractivity contribution in [3.63, 3.8) is 0 Å². The van der Waals surface area contributed by atoms with E-state index in [1.165, 1.54) is 23.9 Å². The summed E-state index contributed by atoms with van der Waals surface area (Å²) in [4.78, 5) is 34.6. The first-order valence-corrected chi connectivity index (χ1v) is 12.8. The van der Waals surface area contributed by atoms with Crippen molar-refractivity contribution >= 4 is 11.8 Å². The fraction of sp³-hybridized carbons (Fsp3) is 0.345. The van der Waals surface area contributed by atoms with Gasteiger partial charge in [0.15, 0.2) is 0 Å². The first-order valence-electron chi connectivity index (χ1n) is 12.8. The van der Waals surface area contributed by atoms with E-state index >= 15 is 0 Å². The minimum atomic E-state index is -0.620. The van der Waals surface area contributed by atoms with E-state index < -0.39 is 6.04 Å². The Morgan fingerprint density at radius 2 is 1.84 bits per heavy atom. The Bertz CT molecular complexity index is 1140. The Hall–Kier alpha value is -3.62. The molecule has 0 bridgehead atoms. The average Bonchev–Trinajstić information content (AvgIpc) is 2.95. The summed E-state index contributed by atoms with van der Waals surface area (Å²) in [5.41, 5.74) is 8.32. The van der Waals surface area contributed by atoms with Crippen molar-refractivity contribution in [2.75, 3.05) is 26.2 Å². The number of pyridine rings is 1. The van der Waals surface area contributed by atoms with Gasteiger partial charge in [-0.2, -0.15) is 0 Å². The van der Waals surface area contributed by atoms with Gasteiger partial charge in [-0.15, -0.1) is 0 Å². The van der Waals surface area contributed by atoms with E-state index in [2.05, 4.69) is 27.3 Å². The molecule has 1 fully saturated rings. The molecule has 4 rings (SSSR count). The highest BCUT2D eigenvalue weighted by atomic mass is 19.1. The van der Waals surface area contributed by atoms with Crippen molar-refractivity contribution in [2.45, 2.75) is 37.9 Å². The summed E-state index contributed by atoms with van der Waals surface area (Å²) >= 11 is 0. The Balaban J connectivity index is 1.55. The molecule has 194 valence electrons. The second-order valence-electron chi connectivity index (χ2n) is 9.35. The van der Waals surface area contributed by atoms with Gasteiger partial charge in [-0.3, -0.25) is 19.5 Å². The minimum absolute atomic E-state index is 0.0698. The van der Waals surface area contributed by atoms with E-state index in [0.29, 0.717) is 38.2 Å². The lowest BCUT2D eigenvalue weighted by Gasteiger charge is -2.43. The number of carbonyl (C=O) groups is 2. The topological polar surface area (TPSA) is 91.6 Å². The van der Waals surface area contributed by atoms with Gasteiger partial charge in [0.25, 0.3) is 5.91 Å². The monoisotopic (exact) mass is 503 g/mol. The van der Waals surface area contributed by atoms with Crippen LogP contribution in [-0.2, 0) is 17.8 Å². The molecule has 3 aromatic rings. The lowest BCUT2D eigenvalue weighted by molar-refractivity contribution is -0.127. The van der Waals surface area contributed by atoms with Crippen LogP contribution in [0, 0.1) is 5.82 Å². The third kappa shape index (κ3) is 7.21. The maximum absolute atomic E-state index is 13.5. The lowest BCUT2D eigenvalue weighted by atomic mass is 9.93. The van der Waals surface area contributed by atoms with E-state index in [4.69, 9.17) is 5.73 Å². The van der Waals surface area contributed by atoms with Gasteiger partial charge in [-0.05, 0) is 54.7 Å². The number of nitrogens with one attached hydrogen (secondary N) is 1. The molecule has 1 unspecified atom stereocenters. The summed E-state index contributed by atoms with van der Waals surface area (Å²) in [6.07, 6.45) is 5.22. The van der Waals surface area contributed by atoms with E-state index in [9.17, 15) is 14.0 Å². The van der Waals surface area contributed by atoms with Gasteiger partial charge in [0.1, 0.15) is 11.9 Å². The summed E-state index contributed by atoms with van der Waals surface area (Å²) in [7, 11) is 0. The summed E-state index contributed by atoms with van der Waals surface area (Å²) in [5.74, 6) is -0.663. The summed E-state index contributed by atoms with van der Waals surface area (Å²) < 4.78 is 13.5. The first kappa shape index (κ1) is 26.4. The number of piperidine rings is 1. The zero-order chi connectivity index (χ0) is 26.0. The molecule has 0 spiro atoms. The highest BCUT2D eigenvalue weighted by Gasteiger charge is 2.38. The Kier molecular flexibility index (Phi) is 9.35. The quantitative estimate of drug-likeness (QED) is 0.444. The van der Waals surface area contributed by atoms with Gasteiger partial charge in [0, 0.05) is 51.2 Å². The first-order chi connectivity index (χ1) is 18.0. The number of benzene rings is 2. The molecule has 3 N–H and O–H groups in total. The molecule has 1 saturated heterocycles. The number of carbonyl (C=O) groups excluding carboxylic acids is 2. The molecule has 2 heterocycles. The summed E-state index contributed by atoms with van der Waals surface area (Å²) in [6.45, 7) is 2.53. The molecule has 8 heteroatoms. The van der Waals surface area contributed by atoms with Crippen LogP contribution >= 0.6 is 0 Å². The molecular formula is C29H34FN5O2. The van der Waals surface area contributed by atoms with Crippen LogP contribution in [-0.4, -0.2) is 64.9 Å². The van der Waals surface area contributed by atoms with Gasteiger partial charge < -0.3 is 16.0 Å². The number of halogens is 1. The molecule has 1 aliphatic rings. The third-order valence-electron chi connectivity index (χ3n) is 6.84. The molecule has 2 aromatic carbocycles. The molecular weight excluding hydrogens is 469 g/mol. The summed E-state index contributed by atoms with van der Waals surface area (Å²) in [5, 5.41) is 2.88. The number of hydrogen-bond donors (Lipinski definition) is 2. The number of aromatic nitrogens is 1. The normalized spacial score (nSPS) is 17.5. The van der Waals surface area contributed by atoms with E-state index in [1.54, 1.807) is 35.4 Å². The zero-order valence-electron chi connectivity index (χ0n) is 20.9. The number of likely N-dealkylation sites (tertiary alicyclic amines) is 1. The molecule has 0 saturated carbocycles. The lowest BCUT2D eigenvalue weighted by Crippen LogP contribution is -2.57. The van der Waals surface area contributed by atoms with Crippen LogP contribution in [0.25, 0.3) is 0 Å². The van der Waals surface area contributed by atoms with Gasteiger partial charge in [0.2, 0.25) is 5.91 Å². The van der Waals surface area contributed by atoms with Crippen molar-refractivity contribution < 1.29 is 14.0 Å². The van der Waals surface area contributed by atoms with Crippen molar-refractivity contribution in [2.24, 2.45) is 5.73 Å². The SMILES string of the molecule is NCCNC(=O)[C@H]1CC(N(CCc2ccccc2)Cc2ccc(F)cc2)CCN1C(=O)c1cccnc1. The molecule has 2 amide bonds.